The molecule has 0 radical (unpaired) electrons. The first-order valence-corrected chi connectivity index (χ1v) is 13.1. The number of rotatable bonds is 11. The molecule has 4 rings (SSSR count). The molecule has 1 aromatic heterocycles. The average Bonchev–Trinajstić information content (AvgIpc) is 3.40. The van der Waals surface area contributed by atoms with Crippen molar-refractivity contribution in [1.29, 1.82) is 0 Å². The Morgan fingerprint density at radius 1 is 1.03 bits per heavy atom. The van der Waals surface area contributed by atoms with E-state index >= 15 is 0 Å². The number of likely N-dealkylation sites (tertiary alicyclic amines) is 1. The normalized spacial score (nSPS) is 15.3. The van der Waals surface area contributed by atoms with E-state index in [2.05, 4.69) is 34.2 Å². The van der Waals surface area contributed by atoms with Crippen LogP contribution in [0, 0.1) is 11.8 Å². The maximum atomic E-state index is 13.2. The summed E-state index contributed by atoms with van der Waals surface area (Å²) in [5.74, 6) is 3.70. The van der Waals surface area contributed by atoms with Crippen molar-refractivity contribution in [3.8, 4) is 28.6 Å². The molecule has 1 atom stereocenters. The van der Waals surface area contributed by atoms with Crippen LogP contribution in [0.5, 0.6) is 17.2 Å². The van der Waals surface area contributed by atoms with Crippen molar-refractivity contribution in [2.45, 2.75) is 45.7 Å². The molecule has 38 heavy (non-hydrogen) atoms. The van der Waals surface area contributed by atoms with Crippen LogP contribution in [0.1, 0.15) is 50.6 Å². The van der Waals surface area contributed by atoms with Gasteiger partial charge in [0.05, 0.1) is 33.9 Å². The van der Waals surface area contributed by atoms with Crippen molar-refractivity contribution < 1.29 is 23.5 Å². The molecule has 1 aliphatic rings. The Labute approximate surface area is 224 Å². The summed E-state index contributed by atoms with van der Waals surface area (Å²) >= 11 is 0. The van der Waals surface area contributed by atoms with Crippen LogP contribution in [-0.2, 0) is 11.3 Å². The van der Waals surface area contributed by atoms with E-state index in [4.69, 9.17) is 18.7 Å². The number of aromatic nitrogens is 2. The lowest BCUT2D eigenvalue weighted by atomic mass is 9.93. The third kappa shape index (κ3) is 6.83. The number of benzene rings is 2. The average molecular weight is 523 g/mol. The van der Waals surface area contributed by atoms with Crippen molar-refractivity contribution in [3.05, 3.63) is 53.9 Å². The molecule has 0 bridgehead atoms. The smallest absolute Gasteiger partial charge is 0.241 e. The summed E-state index contributed by atoms with van der Waals surface area (Å²) in [6.45, 7) is 6.49. The molecule has 2 aromatic carbocycles. The quantitative estimate of drug-likeness (QED) is 0.381. The van der Waals surface area contributed by atoms with Gasteiger partial charge in [0.25, 0.3) is 0 Å². The Balaban J connectivity index is 1.31. The van der Waals surface area contributed by atoms with Crippen LogP contribution in [-0.4, -0.2) is 55.4 Å². The highest BCUT2D eigenvalue weighted by molar-refractivity contribution is 5.79. The Bertz CT molecular complexity index is 1190. The lowest BCUT2D eigenvalue weighted by molar-refractivity contribution is -0.127. The maximum absolute atomic E-state index is 13.2. The van der Waals surface area contributed by atoms with Crippen molar-refractivity contribution in [1.82, 2.24) is 20.4 Å². The van der Waals surface area contributed by atoms with Gasteiger partial charge in [-0.05, 0) is 74.2 Å². The number of nitrogens with zero attached hydrogens (tertiary/aromatic N) is 3. The second-order valence-electron chi connectivity index (χ2n) is 10.1. The largest absolute Gasteiger partial charge is 0.497 e. The van der Waals surface area contributed by atoms with E-state index in [0.29, 0.717) is 35.7 Å². The van der Waals surface area contributed by atoms with Crippen LogP contribution in [0.15, 0.2) is 47.0 Å². The first-order valence-electron chi connectivity index (χ1n) is 13.1. The van der Waals surface area contributed by atoms with E-state index in [1.807, 2.05) is 42.5 Å². The van der Waals surface area contributed by atoms with Gasteiger partial charge in [-0.15, -0.1) is 0 Å². The highest BCUT2D eigenvalue weighted by Crippen LogP contribution is 2.31. The first-order chi connectivity index (χ1) is 18.4. The van der Waals surface area contributed by atoms with Crippen molar-refractivity contribution in [2.24, 2.45) is 11.8 Å². The molecule has 1 aliphatic heterocycles. The Hall–Kier alpha value is -3.59. The molecular weight excluding hydrogens is 484 g/mol. The van der Waals surface area contributed by atoms with Gasteiger partial charge in [-0.1, -0.05) is 31.1 Å². The van der Waals surface area contributed by atoms with Crippen LogP contribution in [0.3, 0.4) is 0 Å². The number of amides is 1. The van der Waals surface area contributed by atoms with Crippen molar-refractivity contribution >= 4 is 5.91 Å². The fourth-order valence-electron chi connectivity index (χ4n) is 4.83. The number of hydrogen-bond acceptors (Lipinski definition) is 8. The molecule has 3 aromatic rings. The van der Waals surface area contributed by atoms with Gasteiger partial charge in [-0.2, -0.15) is 4.98 Å². The standard InChI is InChI=1S/C29H38N4O5/c1-19(2)16-24(20-6-9-23(35-3)10-7-20)30-29(34)21-12-14-33(15-13-21)18-27-31-28(32-38-27)22-8-11-25(36-4)26(17-22)37-5/h6-11,17,19,21,24H,12-16,18H2,1-5H3,(H,30,34). The van der Waals surface area contributed by atoms with E-state index in [1.54, 1.807) is 21.3 Å². The van der Waals surface area contributed by atoms with E-state index in [0.717, 1.165) is 49.2 Å². The molecule has 2 heterocycles. The van der Waals surface area contributed by atoms with E-state index in [9.17, 15) is 4.79 Å². The highest BCUT2D eigenvalue weighted by Gasteiger charge is 2.28. The van der Waals surface area contributed by atoms with Crippen LogP contribution in [0.4, 0.5) is 0 Å². The first kappa shape index (κ1) is 27.4. The SMILES string of the molecule is COc1ccc(C(CC(C)C)NC(=O)C2CCN(Cc3nc(-c4ccc(OC)c(OC)c4)no3)CC2)cc1. The number of carbonyl (C=O) groups is 1. The van der Waals surface area contributed by atoms with Gasteiger partial charge in [0, 0.05) is 11.5 Å². The second kappa shape index (κ2) is 12.8. The molecule has 204 valence electrons. The van der Waals surface area contributed by atoms with Crippen LogP contribution in [0.25, 0.3) is 11.4 Å². The summed E-state index contributed by atoms with van der Waals surface area (Å²) in [6, 6.07) is 13.5. The van der Waals surface area contributed by atoms with Gasteiger partial charge in [-0.25, -0.2) is 0 Å². The summed E-state index contributed by atoms with van der Waals surface area (Å²) < 4.78 is 21.5. The third-order valence-corrected chi connectivity index (χ3v) is 6.97. The molecule has 1 saturated heterocycles. The van der Waals surface area contributed by atoms with Crippen molar-refractivity contribution in [2.75, 3.05) is 34.4 Å². The van der Waals surface area contributed by atoms with Crippen LogP contribution >= 0.6 is 0 Å². The minimum absolute atomic E-state index is 0.0100. The highest BCUT2D eigenvalue weighted by atomic mass is 16.5. The lowest BCUT2D eigenvalue weighted by Gasteiger charge is -2.31. The van der Waals surface area contributed by atoms with Gasteiger partial charge >= 0.3 is 0 Å². The molecule has 1 amide bonds. The predicted molar refractivity (Wildman–Crippen MR) is 144 cm³/mol. The van der Waals surface area contributed by atoms with E-state index < -0.39 is 0 Å². The molecule has 9 nitrogen and oxygen atoms in total. The minimum atomic E-state index is -0.0140. The Kier molecular flexibility index (Phi) is 9.23. The minimum Gasteiger partial charge on any atom is -0.497 e. The lowest BCUT2D eigenvalue weighted by Crippen LogP contribution is -2.41. The molecule has 1 fully saturated rings. The zero-order chi connectivity index (χ0) is 27.1. The Morgan fingerprint density at radius 2 is 1.74 bits per heavy atom. The topological polar surface area (TPSA) is 99.0 Å². The predicted octanol–water partition coefficient (Wildman–Crippen LogP) is 4.88. The molecule has 9 heteroatoms. The number of nitrogens with one attached hydrogen (secondary N) is 1. The molecule has 1 unspecified atom stereocenters. The number of ether oxygens (including phenoxy) is 3. The van der Waals surface area contributed by atoms with Gasteiger partial charge < -0.3 is 24.1 Å². The van der Waals surface area contributed by atoms with Crippen molar-refractivity contribution in [3.63, 3.8) is 0 Å². The molecule has 0 saturated carbocycles. The monoisotopic (exact) mass is 522 g/mol. The van der Waals surface area contributed by atoms with E-state index in [-0.39, 0.29) is 17.9 Å². The molecular formula is C29H38N4O5. The summed E-state index contributed by atoms with van der Waals surface area (Å²) in [4.78, 5) is 20.0. The zero-order valence-electron chi connectivity index (χ0n) is 22.9. The summed E-state index contributed by atoms with van der Waals surface area (Å²) in [7, 11) is 4.85. The molecule has 0 aliphatic carbocycles. The summed E-state index contributed by atoms with van der Waals surface area (Å²) in [5, 5.41) is 7.46. The fourth-order valence-corrected chi connectivity index (χ4v) is 4.83. The number of carbonyl (C=O) groups excluding carboxylic acids is 1. The molecule has 0 spiro atoms. The summed E-state index contributed by atoms with van der Waals surface area (Å²) in [5.41, 5.74) is 1.90. The van der Waals surface area contributed by atoms with Gasteiger partial charge in [0.1, 0.15) is 5.75 Å². The second-order valence-corrected chi connectivity index (χ2v) is 10.1. The van der Waals surface area contributed by atoms with Gasteiger partial charge in [-0.3, -0.25) is 9.69 Å². The zero-order valence-corrected chi connectivity index (χ0v) is 22.9. The van der Waals surface area contributed by atoms with Gasteiger partial charge in [0.2, 0.25) is 17.6 Å². The number of piperidine rings is 1. The third-order valence-electron chi connectivity index (χ3n) is 6.97. The van der Waals surface area contributed by atoms with Crippen LogP contribution < -0.4 is 19.5 Å². The van der Waals surface area contributed by atoms with E-state index in [1.165, 1.54) is 0 Å². The number of methoxy groups -OCH3 is 3. The van der Waals surface area contributed by atoms with Crippen LogP contribution in [0.2, 0.25) is 0 Å². The maximum Gasteiger partial charge on any atom is 0.241 e. The fraction of sp³-hybridized carbons (Fsp3) is 0.483. The number of hydrogen-bond donors (Lipinski definition) is 1. The molecule has 1 N–H and O–H groups in total. The van der Waals surface area contributed by atoms with Gasteiger partial charge in [0.15, 0.2) is 11.5 Å². The Morgan fingerprint density at radius 3 is 2.37 bits per heavy atom. The summed E-state index contributed by atoms with van der Waals surface area (Å²) in [6.07, 6.45) is 2.47.